The van der Waals surface area contributed by atoms with Gasteiger partial charge in [0.15, 0.2) is 0 Å². The first-order valence-electron chi connectivity index (χ1n) is 8.15. The zero-order valence-electron chi connectivity index (χ0n) is 14.3. The summed E-state index contributed by atoms with van der Waals surface area (Å²) >= 11 is 7.93. The number of anilines is 1. The molecule has 0 aliphatic rings. The van der Waals surface area contributed by atoms with Crippen LogP contribution in [0.3, 0.4) is 0 Å². The van der Waals surface area contributed by atoms with Gasteiger partial charge in [-0.2, -0.15) is 5.26 Å². The summed E-state index contributed by atoms with van der Waals surface area (Å²) in [6.45, 7) is 0. The summed E-state index contributed by atoms with van der Waals surface area (Å²) in [4.78, 5) is 4.65. The molecule has 0 radical (unpaired) electrons. The topological polar surface area (TPSA) is 82.8 Å². The van der Waals surface area contributed by atoms with Gasteiger partial charge in [-0.15, -0.1) is 11.3 Å². The highest BCUT2D eigenvalue weighted by atomic mass is 35.5. The van der Waals surface area contributed by atoms with Crippen molar-refractivity contribution in [2.45, 2.75) is 4.90 Å². The van der Waals surface area contributed by atoms with Gasteiger partial charge in [0.25, 0.3) is 10.0 Å². The minimum atomic E-state index is -3.78. The molecule has 0 saturated carbocycles. The summed E-state index contributed by atoms with van der Waals surface area (Å²) in [5, 5.41) is 10.0. The molecule has 0 unspecified atom stereocenters. The van der Waals surface area contributed by atoms with Crippen molar-refractivity contribution >= 4 is 48.9 Å². The molecule has 1 heterocycles. The first-order valence-corrected chi connectivity index (χ1v) is 10.8. The predicted octanol–water partition coefficient (Wildman–Crippen LogP) is 5.29. The second kappa shape index (κ2) is 7.24. The van der Waals surface area contributed by atoms with Crippen molar-refractivity contribution in [3.63, 3.8) is 0 Å². The van der Waals surface area contributed by atoms with Crippen LogP contribution in [0, 0.1) is 11.3 Å². The van der Waals surface area contributed by atoms with E-state index >= 15 is 0 Å². The zero-order chi connectivity index (χ0) is 19.7. The molecule has 4 aromatic rings. The summed E-state index contributed by atoms with van der Waals surface area (Å²) in [5.74, 6) is 0. The molecule has 0 amide bonds. The van der Waals surface area contributed by atoms with Crippen LogP contribution in [0.15, 0.2) is 71.6 Å². The van der Waals surface area contributed by atoms with E-state index in [0.717, 1.165) is 20.8 Å². The standard InChI is InChI=1S/C20H12ClN3O2S2/c21-17-11-14(24-28(25,26)15-8-5-13(12-22)6-9-15)7-10-16(17)20-23-18-3-1-2-4-19(18)27-20/h1-11,24H. The number of hydrogen-bond donors (Lipinski definition) is 1. The molecule has 0 aliphatic carbocycles. The van der Waals surface area contributed by atoms with Crippen LogP contribution < -0.4 is 4.72 Å². The molecule has 4 rings (SSSR count). The Bertz CT molecular complexity index is 1290. The summed E-state index contributed by atoms with van der Waals surface area (Å²) in [6.07, 6.45) is 0. The number of para-hydroxylation sites is 1. The van der Waals surface area contributed by atoms with Gasteiger partial charge in [-0.25, -0.2) is 13.4 Å². The molecule has 0 atom stereocenters. The molecule has 1 N–H and O–H groups in total. The van der Waals surface area contributed by atoms with Crippen LogP contribution in [0.1, 0.15) is 5.56 Å². The van der Waals surface area contributed by atoms with Gasteiger partial charge < -0.3 is 0 Å². The third kappa shape index (κ3) is 3.58. The quantitative estimate of drug-likeness (QED) is 0.481. The Labute approximate surface area is 170 Å². The van der Waals surface area contributed by atoms with E-state index in [1.54, 1.807) is 18.2 Å². The molecule has 0 spiro atoms. The van der Waals surface area contributed by atoms with E-state index in [1.807, 2.05) is 30.3 Å². The van der Waals surface area contributed by atoms with Crippen LogP contribution in [-0.2, 0) is 10.0 Å². The first kappa shape index (κ1) is 18.4. The van der Waals surface area contributed by atoms with E-state index in [0.29, 0.717) is 16.3 Å². The number of rotatable bonds is 4. The van der Waals surface area contributed by atoms with Gasteiger partial charge >= 0.3 is 0 Å². The average molecular weight is 426 g/mol. The Morgan fingerprint density at radius 1 is 1.04 bits per heavy atom. The molecule has 0 bridgehead atoms. The fourth-order valence-corrected chi connectivity index (χ4v) is 5.04. The van der Waals surface area contributed by atoms with Gasteiger partial charge in [-0.05, 0) is 54.6 Å². The van der Waals surface area contributed by atoms with Crippen LogP contribution in [-0.4, -0.2) is 13.4 Å². The maximum absolute atomic E-state index is 12.5. The average Bonchev–Trinajstić information content (AvgIpc) is 3.11. The Balaban J connectivity index is 1.63. The van der Waals surface area contributed by atoms with Gasteiger partial charge in [0.1, 0.15) is 5.01 Å². The van der Waals surface area contributed by atoms with Gasteiger partial charge in [-0.3, -0.25) is 4.72 Å². The Kier molecular flexibility index (Phi) is 4.77. The lowest BCUT2D eigenvalue weighted by atomic mass is 10.2. The van der Waals surface area contributed by atoms with Crippen molar-refractivity contribution in [2.24, 2.45) is 0 Å². The maximum atomic E-state index is 12.5. The SMILES string of the molecule is N#Cc1ccc(S(=O)(=O)Nc2ccc(-c3nc4ccccc4s3)c(Cl)c2)cc1. The number of nitrogens with one attached hydrogen (secondary N) is 1. The Hall–Kier alpha value is -2.92. The number of halogens is 1. The third-order valence-corrected chi connectivity index (χ3v) is 6.82. The second-order valence-electron chi connectivity index (χ2n) is 5.92. The lowest BCUT2D eigenvalue weighted by Crippen LogP contribution is -2.12. The molecular formula is C20H12ClN3O2S2. The number of hydrogen-bond acceptors (Lipinski definition) is 5. The molecule has 1 aromatic heterocycles. The van der Waals surface area contributed by atoms with Gasteiger partial charge in [0.05, 0.1) is 37.5 Å². The number of fused-ring (bicyclic) bond motifs is 1. The molecule has 0 aliphatic heterocycles. The number of nitrogens with zero attached hydrogens (tertiary/aromatic N) is 2. The summed E-state index contributed by atoms with van der Waals surface area (Å²) in [7, 11) is -3.78. The zero-order valence-corrected chi connectivity index (χ0v) is 16.6. The van der Waals surface area contributed by atoms with Crippen molar-refractivity contribution in [3.05, 3.63) is 77.3 Å². The fourth-order valence-electron chi connectivity index (χ4n) is 2.66. The minimum Gasteiger partial charge on any atom is -0.280 e. The summed E-state index contributed by atoms with van der Waals surface area (Å²) < 4.78 is 28.6. The molecule has 138 valence electrons. The number of benzene rings is 3. The molecule has 8 heteroatoms. The van der Waals surface area contributed by atoms with Crippen molar-refractivity contribution in [1.82, 2.24) is 4.98 Å². The fraction of sp³-hybridized carbons (Fsp3) is 0. The molecule has 5 nitrogen and oxygen atoms in total. The molecule has 28 heavy (non-hydrogen) atoms. The normalized spacial score (nSPS) is 11.3. The van der Waals surface area contributed by atoms with Crippen molar-refractivity contribution < 1.29 is 8.42 Å². The van der Waals surface area contributed by atoms with E-state index in [4.69, 9.17) is 16.9 Å². The van der Waals surface area contributed by atoms with E-state index in [-0.39, 0.29) is 4.90 Å². The Morgan fingerprint density at radius 2 is 1.79 bits per heavy atom. The Morgan fingerprint density at radius 3 is 2.46 bits per heavy atom. The van der Waals surface area contributed by atoms with Crippen molar-refractivity contribution in [3.8, 4) is 16.6 Å². The van der Waals surface area contributed by atoms with Crippen LogP contribution in [0.5, 0.6) is 0 Å². The van der Waals surface area contributed by atoms with Crippen LogP contribution >= 0.6 is 22.9 Å². The molecule has 0 fully saturated rings. The first-order chi connectivity index (χ1) is 13.5. The highest BCUT2D eigenvalue weighted by Crippen LogP contribution is 2.35. The third-order valence-electron chi connectivity index (χ3n) is 4.04. The number of aromatic nitrogens is 1. The van der Waals surface area contributed by atoms with Crippen molar-refractivity contribution in [1.29, 1.82) is 5.26 Å². The highest BCUT2D eigenvalue weighted by Gasteiger charge is 2.16. The van der Waals surface area contributed by atoms with Gasteiger partial charge in [-0.1, -0.05) is 23.7 Å². The van der Waals surface area contributed by atoms with E-state index < -0.39 is 10.0 Å². The summed E-state index contributed by atoms with van der Waals surface area (Å²) in [6, 6.07) is 20.4. The highest BCUT2D eigenvalue weighted by molar-refractivity contribution is 7.92. The van der Waals surface area contributed by atoms with E-state index in [2.05, 4.69) is 9.71 Å². The predicted molar refractivity (Wildman–Crippen MR) is 112 cm³/mol. The van der Waals surface area contributed by atoms with Gasteiger partial charge in [0, 0.05) is 5.56 Å². The molecule has 0 saturated heterocycles. The number of nitriles is 1. The number of sulfonamides is 1. The maximum Gasteiger partial charge on any atom is 0.261 e. The lowest BCUT2D eigenvalue weighted by Gasteiger charge is -2.10. The smallest absolute Gasteiger partial charge is 0.261 e. The second-order valence-corrected chi connectivity index (χ2v) is 9.04. The molecule has 3 aromatic carbocycles. The van der Waals surface area contributed by atoms with Crippen LogP contribution in [0.2, 0.25) is 5.02 Å². The largest absolute Gasteiger partial charge is 0.280 e. The van der Waals surface area contributed by atoms with E-state index in [9.17, 15) is 8.42 Å². The van der Waals surface area contributed by atoms with Crippen molar-refractivity contribution in [2.75, 3.05) is 4.72 Å². The minimum absolute atomic E-state index is 0.0675. The van der Waals surface area contributed by atoms with E-state index in [1.165, 1.54) is 35.6 Å². The summed E-state index contributed by atoms with van der Waals surface area (Å²) in [5.41, 5.74) is 2.37. The van der Waals surface area contributed by atoms with Crippen LogP contribution in [0.4, 0.5) is 5.69 Å². The molecular weight excluding hydrogens is 414 g/mol. The monoisotopic (exact) mass is 425 g/mol. The van der Waals surface area contributed by atoms with Gasteiger partial charge in [0.2, 0.25) is 0 Å². The lowest BCUT2D eigenvalue weighted by molar-refractivity contribution is 0.601. The van der Waals surface area contributed by atoms with Crippen LogP contribution in [0.25, 0.3) is 20.8 Å². The number of thiazole rings is 1.